The molecule has 0 spiro atoms. The Balaban J connectivity index is 2.20. The molecule has 0 heterocycles. The number of methoxy groups -OCH3 is 1. The fourth-order valence-electron chi connectivity index (χ4n) is 2.80. The maximum absolute atomic E-state index is 12.8. The zero-order chi connectivity index (χ0) is 20.0. The predicted octanol–water partition coefficient (Wildman–Crippen LogP) is 3.00. The first-order valence-corrected chi connectivity index (χ1v) is 10.3. The highest BCUT2D eigenvalue weighted by Crippen LogP contribution is 2.19. The molecule has 0 fully saturated rings. The molecule has 0 N–H and O–H groups in total. The molecule has 6 nitrogen and oxygen atoms in total. The van der Waals surface area contributed by atoms with Gasteiger partial charge in [0.1, 0.15) is 5.75 Å². The van der Waals surface area contributed by atoms with Crippen molar-refractivity contribution in [2.24, 2.45) is 0 Å². The van der Waals surface area contributed by atoms with Crippen LogP contribution in [0.1, 0.15) is 29.8 Å². The van der Waals surface area contributed by atoms with E-state index in [2.05, 4.69) is 0 Å². The molecule has 27 heavy (non-hydrogen) atoms. The van der Waals surface area contributed by atoms with Gasteiger partial charge in [-0.2, -0.15) is 4.31 Å². The largest absolute Gasteiger partial charge is 0.497 e. The summed E-state index contributed by atoms with van der Waals surface area (Å²) in [4.78, 5) is 14.4. The lowest BCUT2D eigenvalue weighted by Crippen LogP contribution is -2.31. The lowest BCUT2D eigenvalue weighted by Gasteiger charge is -2.20. The van der Waals surface area contributed by atoms with Crippen LogP contribution in [-0.2, 0) is 16.6 Å². The highest BCUT2D eigenvalue weighted by atomic mass is 32.2. The van der Waals surface area contributed by atoms with Crippen molar-refractivity contribution in [3.05, 3.63) is 59.7 Å². The zero-order valence-electron chi connectivity index (χ0n) is 16.2. The first-order chi connectivity index (χ1) is 12.8. The molecule has 0 radical (unpaired) electrons. The average molecular weight is 391 g/mol. The molecule has 0 saturated carbocycles. The first kappa shape index (κ1) is 20.9. The van der Waals surface area contributed by atoms with E-state index in [-0.39, 0.29) is 10.8 Å². The average Bonchev–Trinajstić information content (AvgIpc) is 2.68. The maximum Gasteiger partial charge on any atom is 0.253 e. The summed E-state index contributed by atoms with van der Waals surface area (Å²) in [6.45, 7) is 4.76. The SMILES string of the molecule is CCN(CC)S(=O)(=O)c1cccc(C(=O)N(C)Cc2ccc(OC)cc2)c1. The van der Waals surface area contributed by atoms with Crippen LogP contribution in [0.15, 0.2) is 53.4 Å². The molecule has 0 atom stereocenters. The number of sulfonamides is 1. The predicted molar refractivity (Wildman–Crippen MR) is 105 cm³/mol. The van der Waals surface area contributed by atoms with Crippen molar-refractivity contribution in [3.8, 4) is 5.75 Å². The standard InChI is InChI=1S/C20H26N2O4S/c1-5-22(6-2)27(24,25)19-9-7-8-17(14-19)20(23)21(3)15-16-10-12-18(26-4)13-11-16/h7-14H,5-6,15H2,1-4H3. The van der Waals surface area contributed by atoms with E-state index in [0.717, 1.165) is 11.3 Å². The molecule has 7 heteroatoms. The highest BCUT2D eigenvalue weighted by molar-refractivity contribution is 7.89. The molecule has 0 saturated heterocycles. The molecule has 0 aromatic heterocycles. The molecule has 0 aliphatic rings. The minimum atomic E-state index is -3.60. The van der Waals surface area contributed by atoms with Gasteiger partial charge < -0.3 is 9.64 Å². The van der Waals surface area contributed by atoms with Crippen molar-refractivity contribution >= 4 is 15.9 Å². The Morgan fingerprint density at radius 1 is 1.04 bits per heavy atom. The third-order valence-corrected chi connectivity index (χ3v) is 6.40. The van der Waals surface area contributed by atoms with Crippen molar-refractivity contribution in [3.63, 3.8) is 0 Å². The Hall–Kier alpha value is -2.38. The van der Waals surface area contributed by atoms with Gasteiger partial charge in [0.25, 0.3) is 5.91 Å². The minimum Gasteiger partial charge on any atom is -0.497 e. The molecular formula is C20H26N2O4S. The molecule has 0 unspecified atom stereocenters. The van der Waals surface area contributed by atoms with E-state index in [9.17, 15) is 13.2 Å². The smallest absolute Gasteiger partial charge is 0.253 e. The Morgan fingerprint density at radius 3 is 2.22 bits per heavy atom. The molecule has 2 aromatic rings. The molecule has 146 valence electrons. The lowest BCUT2D eigenvalue weighted by molar-refractivity contribution is 0.0785. The fraction of sp³-hybridized carbons (Fsp3) is 0.350. The number of rotatable bonds is 8. The van der Waals surface area contributed by atoms with Gasteiger partial charge in [-0.15, -0.1) is 0 Å². The van der Waals surface area contributed by atoms with Gasteiger partial charge in [-0.25, -0.2) is 8.42 Å². The van der Waals surface area contributed by atoms with Gasteiger partial charge >= 0.3 is 0 Å². The third-order valence-electron chi connectivity index (χ3n) is 4.35. The summed E-state index contributed by atoms with van der Waals surface area (Å²) in [5, 5.41) is 0. The first-order valence-electron chi connectivity index (χ1n) is 8.82. The molecule has 0 bridgehead atoms. The van der Waals surface area contributed by atoms with Crippen molar-refractivity contribution < 1.29 is 17.9 Å². The molecular weight excluding hydrogens is 364 g/mol. The monoisotopic (exact) mass is 390 g/mol. The Morgan fingerprint density at radius 2 is 1.67 bits per heavy atom. The van der Waals surface area contributed by atoms with Gasteiger partial charge in [0, 0.05) is 32.2 Å². The van der Waals surface area contributed by atoms with E-state index in [1.54, 1.807) is 45.0 Å². The van der Waals surface area contributed by atoms with Gasteiger partial charge in [-0.05, 0) is 35.9 Å². The van der Waals surface area contributed by atoms with Gasteiger partial charge in [0.05, 0.1) is 12.0 Å². The Kier molecular flexibility index (Phi) is 6.98. The van der Waals surface area contributed by atoms with Crippen LogP contribution in [0, 0.1) is 0 Å². The van der Waals surface area contributed by atoms with Gasteiger partial charge in [0.15, 0.2) is 0 Å². The number of amides is 1. The van der Waals surface area contributed by atoms with Crippen LogP contribution in [0.2, 0.25) is 0 Å². The minimum absolute atomic E-state index is 0.134. The Labute approximate surface area is 161 Å². The van der Waals surface area contributed by atoms with Gasteiger partial charge in [0.2, 0.25) is 10.0 Å². The van der Waals surface area contributed by atoms with Crippen molar-refractivity contribution in [2.45, 2.75) is 25.3 Å². The number of carbonyl (C=O) groups is 1. The number of hydrogen-bond donors (Lipinski definition) is 0. The van der Waals surface area contributed by atoms with Crippen LogP contribution < -0.4 is 4.74 Å². The topological polar surface area (TPSA) is 66.9 Å². The van der Waals surface area contributed by atoms with E-state index in [1.807, 2.05) is 24.3 Å². The second-order valence-corrected chi connectivity index (χ2v) is 8.06. The highest BCUT2D eigenvalue weighted by Gasteiger charge is 2.23. The molecule has 0 aliphatic heterocycles. The second kappa shape index (κ2) is 9.01. The number of carbonyl (C=O) groups excluding carboxylic acids is 1. The van der Waals surface area contributed by atoms with Gasteiger partial charge in [-0.1, -0.05) is 32.0 Å². The Bertz CT molecular complexity index is 875. The molecule has 2 rings (SSSR count). The van der Waals surface area contributed by atoms with Crippen molar-refractivity contribution in [1.29, 1.82) is 0 Å². The summed E-state index contributed by atoms with van der Waals surface area (Å²) in [6.07, 6.45) is 0. The summed E-state index contributed by atoms with van der Waals surface area (Å²) in [5.41, 5.74) is 1.30. The van der Waals surface area contributed by atoms with E-state index >= 15 is 0 Å². The van der Waals surface area contributed by atoms with Crippen LogP contribution in [-0.4, -0.2) is 50.8 Å². The number of ether oxygens (including phenoxy) is 1. The zero-order valence-corrected chi connectivity index (χ0v) is 17.0. The van der Waals surface area contributed by atoms with Crippen LogP contribution in [0.5, 0.6) is 5.75 Å². The van der Waals surface area contributed by atoms with E-state index in [4.69, 9.17) is 4.74 Å². The summed E-state index contributed by atoms with van der Waals surface area (Å²) in [6, 6.07) is 13.7. The molecule has 1 amide bonds. The van der Waals surface area contributed by atoms with Crippen molar-refractivity contribution in [2.75, 3.05) is 27.2 Å². The quantitative estimate of drug-likeness (QED) is 0.695. The van der Waals surface area contributed by atoms with Crippen LogP contribution in [0.4, 0.5) is 0 Å². The van der Waals surface area contributed by atoms with Crippen LogP contribution in [0.3, 0.4) is 0 Å². The lowest BCUT2D eigenvalue weighted by atomic mass is 10.1. The molecule has 0 aliphatic carbocycles. The van der Waals surface area contributed by atoms with Crippen molar-refractivity contribution in [1.82, 2.24) is 9.21 Å². The number of hydrogen-bond acceptors (Lipinski definition) is 4. The molecule has 2 aromatic carbocycles. The second-order valence-electron chi connectivity index (χ2n) is 6.13. The summed E-state index contributed by atoms with van der Waals surface area (Å²) in [7, 11) is -0.307. The van der Waals surface area contributed by atoms with E-state index < -0.39 is 10.0 Å². The maximum atomic E-state index is 12.8. The summed E-state index contributed by atoms with van der Waals surface area (Å²) in [5.74, 6) is 0.518. The van der Waals surface area contributed by atoms with Gasteiger partial charge in [-0.3, -0.25) is 4.79 Å². The fourth-order valence-corrected chi connectivity index (χ4v) is 4.30. The number of nitrogens with zero attached hydrogens (tertiary/aromatic N) is 2. The summed E-state index contributed by atoms with van der Waals surface area (Å²) < 4.78 is 31.9. The van der Waals surface area contributed by atoms with E-state index in [1.165, 1.54) is 16.4 Å². The summed E-state index contributed by atoms with van der Waals surface area (Å²) >= 11 is 0. The van der Waals surface area contributed by atoms with Crippen LogP contribution >= 0.6 is 0 Å². The third kappa shape index (κ3) is 4.87. The number of benzene rings is 2. The van der Waals surface area contributed by atoms with E-state index in [0.29, 0.717) is 25.2 Å². The van der Waals surface area contributed by atoms with Crippen LogP contribution in [0.25, 0.3) is 0 Å². The normalized spacial score (nSPS) is 11.4.